The molecule has 21 heavy (non-hydrogen) atoms. The molecular formula is C15H13BrClFN2O. The zero-order valence-electron chi connectivity index (χ0n) is 11.2. The number of anilines is 2. The standard InChI is InChI=1S/C15H13BrClFN2O/c1-9(21)20-15-5-4-12(7-13(15)17)19-8-10-2-3-11(16)6-14(10)18/h2-7,19H,8H2,1H3,(H,20,21). The van der Waals surface area contributed by atoms with Crippen LogP contribution in [0.2, 0.25) is 5.02 Å². The van der Waals surface area contributed by atoms with Gasteiger partial charge in [0.1, 0.15) is 5.82 Å². The molecular weight excluding hydrogens is 359 g/mol. The maximum absolute atomic E-state index is 13.7. The van der Waals surface area contributed by atoms with Crippen LogP contribution in [0.5, 0.6) is 0 Å². The van der Waals surface area contributed by atoms with E-state index in [2.05, 4.69) is 26.6 Å². The van der Waals surface area contributed by atoms with Gasteiger partial charge < -0.3 is 10.6 Å². The monoisotopic (exact) mass is 370 g/mol. The smallest absolute Gasteiger partial charge is 0.221 e. The number of halogens is 3. The van der Waals surface area contributed by atoms with E-state index in [1.165, 1.54) is 13.0 Å². The van der Waals surface area contributed by atoms with Crippen molar-refractivity contribution in [3.63, 3.8) is 0 Å². The first-order chi connectivity index (χ1) is 9.95. The maximum atomic E-state index is 13.7. The fourth-order valence-electron chi connectivity index (χ4n) is 1.78. The van der Waals surface area contributed by atoms with Crippen molar-refractivity contribution in [1.29, 1.82) is 0 Å². The summed E-state index contributed by atoms with van der Waals surface area (Å²) in [6, 6.07) is 10.1. The third-order valence-corrected chi connectivity index (χ3v) is 3.58. The van der Waals surface area contributed by atoms with Gasteiger partial charge in [-0.25, -0.2) is 4.39 Å². The third-order valence-electron chi connectivity index (χ3n) is 2.78. The Hall–Kier alpha value is -1.59. The van der Waals surface area contributed by atoms with Gasteiger partial charge in [-0.15, -0.1) is 0 Å². The lowest BCUT2D eigenvalue weighted by atomic mass is 10.2. The van der Waals surface area contributed by atoms with E-state index in [1.807, 2.05) is 0 Å². The molecule has 0 atom stereocenters. The molecule has 0 bridgehead atoms. The Morgan fingerprint density at radius 2 is 2.05 bits per heavy atom. The SMILES string of the molecule is CC(=O)Nc1ccc(NCc2ccc(Br)cc2F)cc1Cl. The number of carbonyl (C=O) groups excluding carboxylic acids is 1. The lowest BCUT2D eigenvalue weighted by Crippen LogP contribution is -2.07. The zero-order valence-corrected chi connectivity index (χ0v) is 13.6. The molecule has 0 fully saturated rings. The molecule has 0 aliphatic rings. The second-order valence-electron chi connectivity index (χ2n) is 4.47. The van der Waals surface area contributed by atoms with Gasteiger partial charge in [0.25, 0.3) is 0 Å². The van der Waals surface area contributed by atoms with Crippen molar-refractivity contribution in [2.75, 3.05) is 10.6 Å². The molecule has 0 aliphatic carbocycles. The highest BCUT2D eigenvalue weighted by molar-refractivity contribution is 9.10. The number of amides is 1. The van der Waals surface area contributed by atoms with Gasteiger partial charge in [0.05, 0.1) is 10.7 Å². The van der Waals surface area contributed by atoms with Crippen molar-refractivity contribution in [3.8, 4) is 0 Å². The molecule has 110 valence electrons. The fourth-order valence-corrected chi connectivity index (χ4v) is 2.34. The lowest BCUT2D eigenvalue weighted by Gasteiger charge is -2.10. The zero-order chi connectivity index (χ0) is 15.4. The summed E-state index contributed by atoms with van der Waals surface area (Å²) >= 11 is 9.29. The quantitative estimate of drug-likeness (QED) is 0.809. The van der Waals surface area contributed by atoms with Crippen molar-refractivity contribution in [1.82, 2.24) is 0 Å². The average molecular weight is 372 g/mol. The minimum atomic E-state index is -0.280. The minimum Gasteiger partial charge on any atom is -0.381 e. The summed E-state index contributed by atoms with van der Waals surface area (Å²) in [5.74, 6) is -0.465. The Balaban J connectivity index is 2.06. The molecule has 3 nitrogen and oxygen atoms in total. The topological polar surface area (TPSA) is 41.1 Å². The van der Waals surface area contributed by atoms with Crippen LogP contribution < -0.4 is 10.6 Å². The average Bonchev–Trinajstić information content (AvgIpc) is 2.40. The van der Waals surface area contributed by atoms with Gasteiger partial charge in [0.15, 0.2) is 0 Å². The van der Waals surface area contributed by atoms with E-state index in [0.29, 0.717) is 27.3 Å². The van der Waals surface area contributed by atoms with E-state index in [0.717, 1.165) is 5.69 Å². The molecule has 0 aromatic heterocycles. The van der Waals surface area contributed by atoms with Crippen LogP contribution in [-0.4, -0.2) is 5.91 Å². The molecule has 6 heteroatoms. The van der Waals surface area contributed by atoms with Gasteiger partial charge >= 0.3 is 0 Å². The molecule has 0 aliphatic heterocycles. The molecule has 0 heterocycles. The summed E-state index contributed by atoms with van der Waals surface area (Å²) < 4.78 is 14.4. The highest BCUT2D eigenvalue weighted by Crippen LogP contribution is 2.26. The first-order valence-electron chi connectivity index (χ1n) is 6.20. The van der Waals surface area contributed by atoms with Gasteiger partial charge in [-0.1, -0.05) is 33.6 Å². The summed E-state index contributed by atoms with van der Waals surface area (Å²) in [7, 11) is 0. The molecule has 2 aromatic carbocycles. The molecule has 2 aromatic rings. The second kappa shape index (κ2) is 6.91. The van der Waals surface area contributed by atoms with Crippen molar-refractivity contribution in [2.24, 2.45) is 0 Å². The van der Waals surface area contributed by atoms with Crippen LogP contribution in [0.15, 0.2) is 40.9 Å². The summed E-state index contributed by atoms with van der Waals surface area (Å²) in [5.41, 5.74) is 1.85. The Kier molecular flexibility index (Phi) is 5.20. The molecule has 1 amide bonds. The van der Waals surface area contributed by atoms with Crippen LogP contribution in [0.4, 0.5) is 15.8 Å². The Morgan fingerprint density at radius 1 is 1.29 bits per heavy atom. The molecule has 0 saturated heterocycles. The van der Waals surface area contributed by atoms with Crippen LogP contribution in [0.1, 0.15) is 12.5 Å². The highest BCUT2D eigenvalue weighted by atomic mass is 79.9. The van der Waals surface area contributed by atoms with Gasteiger partial charge in [-0.05, 0) is 30.3 Å². The summed E-state index contributed by atoms with van der Waals surface area (Å²) in [6.07, 6.45) is 0. The van der Waals surface area contributed by atoms with Crippen LogP contribution in [0.3, 0.4) is 0 Å². The van der Waals surface area contributed by atoms with Gasteiger partial charge in [-0.3, -0.25) is 4.79 Å². The van der Waals surface area contributed by atoms with E-state index in [4.69, 9.17) is 11.6 Å². The maximum Gasteiger partial charge on any atom is 0.221 e. The lowest BCUT2D eigenvalue weighted by molar-refractivity contribution is -0.114. The summed E-state index contributed by atoms with van der Waals surface area (Å²) in [6.45, 7) is 1.76. The predicted octanol–water partition coefficient (Wildman–Crippen LogP) is 4.81. The second-order valence-corrected chi connectivity index (χ2v) is 5.79. The van der Waals surface area contributed by atoms with Crippen LogP contribution in [-0.2, 0) is 11.3 Å². The van der Waals surface area contributed by atoms with E-state index >= 15 is 0 Å². The third kappa shape index (κ3) is 4.44. The fraction of sp³-hybridized carbons (Fsp3) is 0.133. The Labute approximate surface area is 135 Å². The van der Waals surface area contributed by atoms with Crippen molar-refractivity contribution >= 4 is 44.8 Å². The van der Waals surface area contributed by atoms with Gasteiger partial charge in [0, 0.05) is 29.2 Å². The van der Waals surface area contributed by atoms with Crippen molar-refractivity contribution in [2.45, 2.75) is 13.5 Å². The molecule has 0 saturated carbocycles. The number of benzene rings is 2. The molecule has 0 unspecified atom stereocenters. The normalized spacial score (nSPS) is 10.3. The Morgan fingerprint density at radius 3 is 2.67 bits per heavy atom. The number of hydrogen-bond donors (Lipinski definition) is 2. The van der Waals surface area contributed by atoms with Crippen molar-refractivity contribution in [3.05, 3.63) is 57.3 Å². The van der Waals surface area contributed by atoms with E-state index in [9.17, 15) is 9.18 Å². The number of rotatable bonds is 4. The number of hydrogen-bond acceptors (Lipinski definition) is 2. The molecule has 2 rings (SSSR count). The first-order valence-corrected chi connectivity index (χ1v) is 7.38. The molecule has 0 spiro atoms. The van der Waals surface area contributed by atoms with E-state index in [1.54, 1.807) is 30.3 Å². The summed E-state index contributed by atoms with van der Waals surface area (Å²) in [5, 5.41) is 6.14. The van der Waals surface area contributed by atoms with Crippen LogP contribution >= 0.6 is 27.5 Å². The number of carbonyl (C=O) groups is 1. The van der Waals surface area contributed by atoms with E-state index < -0.39 is 0 Å². The minimum absolute atomic E-state index is 0.186. The number of nitrogens with one attached hydrogen (secondary N) is 2. The van der Waals surface area contributed by atoms with Crippen LogP contribution in [0, 0.1) is 5.82 Å². The highest BCUT2D eigenvalue weighted by Gasteiger charge is 2.05. The van der Waals surface area contributed by atoms with Crippen LogP contribution in [0.25, 0.3) is 0 Å². The van der Waals surface area contributed by atoms with Gasteiger partial charge in [0.2, 0.25) is 5.91 Å². The van der Waals surface area contributed by atoms with Crippen molar-refractivity contribution < 1.29 is 9.18 Å². The largest absolute Gasteiger partial charge is 0.381 e. The Bertz CT molecular complexity index is 679. The van der Waals surface area contributed by atoms with E-state index in [-0.39, 0.29) is 11.7 Å². The first kappa shape index (κ1) is 15.8. The predicted molar refractivity (Wildman–Crippen MR) is 87.2 cm³/mol. The molecule has 0 radical (unpaired) electrons. The summed E-state index contributed by atoms with van der Waals surface area (Å²) in [4.78, 5) is 11.0. The van der Waals surface area contributed by atoms with Gasteiger partial charge in [-0.2, -0.15) is 0 Å². The molecule has 2 N–H and O–H groups in total.